The number of aliphatic hydroxyl groups is 1. The molecule has 1 aromatic carbocycles. The van der Waals surface area contributed by atoms with Gasteiger partial charge in [0, 0.05) is 11.6 Å². The number of hydrogen-bond acceptors (Lipinski definition) is 10. The van der Waals surface area contributed by atoms with E-state index in [1.54, 1.807) is 6.92 Å². The SMILES string of the molecule is CCN1C2C(=O)C(C(N)=O)C(=O)C3(O)C(=O)C4C(=O)c5c(O)c(NC(=O)CN6CCCC6)cc(F)c5CC4CC213. The number of ketones is 4. The maximum Gasteiger partial charge on any atom is 0.238 e. The maximum absolute atomic E-state index is 15.4. The third-order valence-corrected chi connectivity index (χ3v) is 9.51. The molecule has 1 aromatic rings. The molecule has 2 saturated heterocycles. The Labute approximate surface area is 227 Å². The quantitative estimate of drug-likeness (QED) is 0.198. The zero-order valence-electron chi connectivity index (χ0n) is 21.7. The van der Waals surface area contributed by atoms with Crippen molar-refractivity contribution in [3.05, 3.63) is 23.0 Å². The van der Waals surface area contributed by atoms with Crippen LogP contribution in [0, 0.1) is 23.6 Å². The van der Waals surface area contributed by atoms with Crippen LogP contribution in [0.4, 0.5) is 10.1 Å². The lowest BCUT2D eigenvalue weighted by atomic mass is 9.53. The number of amides is 2. The molecule has 5 N–H and O–H groups in total. The first-order valence-electron chi connectivity index (χ1n) is 13.4. The highest BCUT2D eigenvalue weighted by molar-refractivity contribution is 6.34. The summed E-state index contributed by atoms with van der Waals surface area (Å²) >= 11 is 0. The van der Waals surface area contributed by atoms with Crippen LogP contribution in [0.3, 0.4) is 0 Å². The summed E-state index contributed by atoms with van der Waals surface area (Å²) in [6, 6.07) is -0.211. The number of likely N-dealkylation sites (N-methyl/N-ethyl adjacent to an activating group) is 1. The number of Topliss-reactive ketones (excluding diaryl/α,β-unsaturated/α-hetero) is 4. The number of carbonyl (C=O) groups excluding carboxylic acids is 6. The predicted octanol–water partition coefficient (Wildman–Crippen LogP) is -1.06. The molecule has 2 amide bonds. The number of rotatable bonds is 5. The Kier molecular flexibility index (Phi) is 5.81. The molecule has 40 heavy (non-hydrogen) atoms. The Morgan fingerprint density at radius 2 is 1.85 bits per heavy atom. The van der Waals surface area contributed by atoms with Crippen molar-refractivity contribution in [1.29, 1.82) is 0 Å². The molecule has 6 rings (SSSR count). The molecule has 0 bridgehead atoms. The number of phenolic OH excluding ortho intramolecular Hbond substituents is 1. The lowest BCUT2D eigenvalue weighted by Gasteiger charge is -2.48. The van der Waals surface area contributed by atoms with E-state index in [0.29, 0.717) is 0 Å². The Hall–Kier alpha value is -3.55. The topological polar surface area (TPSA) is 187 Å². The van der Waals surface area contributed by atoms with Crippen LogP contribution in [0.15, 0.2) is 6.07 Å². The molecule has 2 heterocycles. The van der Waals surface area contributed by atoms with Gasteiger partial charge < -0.3 is 21.3 Å². The number of hydrogen-bond donors (Lipinski definition) is 4. The molecule has 5 aliphatic rings. The van der Waals surface area contributed by atoms with Gasteiger partial charge in [-0.1, -0.05) is 6.92 Å². The summed E-state index contributed by atoms with van der Waals surface area (Å²) in [5.41, 5.74) is -0.223. The van der Waals surface area contributed by atoms with Crippen molar-refractivity contribution in [3.8, 4) is 5.75 Å². The highest BCUT2D eigenvalue weighted by atomic mass is 19.1. The van der Waals surface area contributed by atoms with Crippen LogP contribution in [0.5, 0.6) is 5.75 Å². The molecule has 2 saturated carbocycles. The molecule has 212 valence electrons. The Balaban J connectivity index is 1.38. The van der Waals surface area contributed by atoms with E-state index in [1.807, 2.05) is 4.90 Å². The van der Waals surface area contributed by atoms with Gasteiger partial charge in [0.25, 0.3) is 0 Å². The zero-order chi connectivity index (χ0) is 28.9. The molecule has 13 heteroatoms. The van der Waals surface area contributed by atoms with Gasteiger partial charge >= 0.3 is 0 Å². The first-order chi connectivity index (χ1) is 18.9. The number of likely N-dealkylation sites (tertiary alicyclic amines) is 2. The standard InChI is InChI=1S/C27H29FN4O8/c1-2-32-22-21(36)18(25(29)39)24(38)27(40)23(37)16-11(9-26(22,27)32)7-12-13(28)8-14(19(34)17(12)20(16)35)30-15(33)10-31-5-3-4-6-31/h8,11,16,18,22,34,40H,2-7,9-10H2,1H3,(H2,29,39)(H,30,33). The summed E-state index contributed by atoms with van der Waals surface area (Å²) in [5.74, 6) is -12.4. The number of aromatic hydroxyl groups is 1. The number of anilines is 1. The van der Waals surface area contributed by atoms with E-state index in [4.69, 9.17) is 5.73 Å². The highest BCUT2D eigenvalue weighted by Gasteiger charge is 2.86. The third kappa shape index (κ3) is 3.22. The normalized spacial score (nSPS) is 36.4. The van der Waals surface area contributed by atoms with Gasteiger partial charge in [-0.2, -0.15) is 0 Å². The van der Waals surface area contributed by atoms with Gasteiger partial charge in [-0.25, -0.2) is 4.39 Å². The fraction of sp³-hybridized carbons (Fsp3) is 0.556. The monoisotopic (exact) mass is 556 g/mol. The molecule has 0 radical (unpaired) electrons. The number of nitrogens with zero attached hydrogens (tertiary/aromatic N) is 2. The van der Waals surface area contributed by atoms with Crippen molar-refractivity contribution in [2.75, 3.05) is 31.5 Å². The summed E-state index contributed by atoms with van der Waals surface area (Å²) in [7, 11) is 0. The molecule has 7 unspecified atom stereocenters. The predicted molar refractivity (Wildman–Crippen MR) is 134 cm³/mol. The average molecular weight is 557 g/mol. The second-order valence-corrected chi connectivity index (χ2v) is 11.4. The van der Waals surface area contributed by atoms with Crippen LogP contribution in [-0.4, -0.2) is 98.3 Å². The van der Waals surface area contributed by atoms with Crippen molar-refractivity contribution in [2.45, 2.75) is 49.8 Å². The summed E-state index contributed by atoms with van der Waals surface area (Å²) < 4.78 is 15.4. The number of primary amides is 1. The fourth-order valence-electron chi connectivity index (χ4n) is 7.81. The van der Waals surface area contributed by atoms with Crippen LogP contribution in [0.2, 0.25) is 0 Å². The summed E-state index contributed by atoms with van der Waals surface area (Å²) in [5, 5.41) is 25.2. The molecular weight excluding hydrogens is 527 g/mol. The molecule has 3 aliphatic carbocycles. The molecule has 2 aliphatic heterocycles. The van der Waals surface area contributed by atoms with Crippen LogP contribution >= 0.6 is 0 Å². The van der Waals surface area contributed by atoms with Gasteiger partial charge in [-0.15, -0.1) is 0 Å². The number of benzene rings is 1. The number of fused-ring (bicyclic) bond motifs is 2. The van der Waals surface area contributed by atoms with Crippen molar-refractivity contribution >= 4 is 40.6 Å². The van der Waals surface area contributed by atoms with E-state index >= 15 is 4.39 Å². The summed E-state index contributed by atoms with van der Waals surface area (Å²) in [4.78, 5) is 82.1. The van der Waals surface area contributed by atoms with E-state index < -0.39 is 87.0 Å². The fourth-order valence-corrected chi connectivity index (χ4v) is 7.81. The van der Waals surface area contributed by atoms with Crippen molar-refractivity contribution in [1.82, 2.24) is 9.80 Å². The third-order valence-electron chi connectivity index (χ3n) is 9.51. The van der Waals surface area contributed by atoms with Crippen LogP contribution in [0.25, 0.3) is 0 Å². The zero-order valence-corrected chi connectivity index (χ0v) is 21.7. The lowest BCUT2D eigenvalue weighted by Crippen LogP contribution is -2.73. The number of nitrogens with one attached hydrogen (secondary N) is 1. The minimum atomic E-state index is -2.87. The Bertz CT molecular complexity index is 1420. The van der Waals surface area contributed by atoms with Crippen LogP contribution < -0.4 is 11.1 Å². The lowest BCUT2D eigenvalue weighted by molar-refractivity contribution is -0.171. The first-order valence-corrected chi connectivity index (χ1v) is 13.4. The number of nitrogens with two attached hydrogens (primary N) is 1. The maximum atomic E-state index is 15.4. The number of carbonyl (C=O) groups is 6. The van der Waals surface area contributed by atoms with E-state index in [9.17, 15) is 39.0 Å². The second-order valence-electron chi connectivity index (χ2n) is 11.4. The van der Waals surface area contributed by atoms with Gasteiger partial charge in [-0.3, -0.25) is 38.6 Å². The van der Waals surface area contributed by atoms with E-state index in [-0.39, 0.29) is 37.2 Å². The minimum absolute atomic E-state index is 0.0152. The smallest absolute Gasteiger partial charge is 0.238 e. The molecule has 7 atom stereocenters. The van der Waals surface area contributed by atoms with Gasteiger partial charge in [0.1, 0.15) is 11.6 Å². The van der Waals surface area contributed by atoms with Gasteiger partial charge in [-0.05, 0) is 51.2 Å². The van der Waals surface area contributed by atoms with Gasteiger partial charge in [0.15, 0.2) is 29.1 Å². The summed E-state index contributed by atoms with van der Waals surface area (Å²) in [6.45, 7) is 3.27. The number of phenols is 1. The minimum Gasteiger partial charge on any atom is -0.505 e. The molecule has 4 fully saturated rings. The molecule has 12 nitrogen and oxygen atoms in total. The largest absolute Gasteiger partial charge is 0.505 e. The van der Waals surface area contributed by atoms with Crippen LogP contribution in [-0.2, 0) is 30.4 Å². The van der Waals surface area contributed by atoms with Gasteiger partial charge in [0.2, 0.25) is 17.4 Å². The van der Waals surface area contributed by atoms with Gasteiger partial charge in [0.05, 0.1) is 35.3 Å². The highest BCUT2D eigenvalue weighted by Crippen LogP contribution is 2.63. The van der Waals surface area contributed by atoms with Crippen molar-refractivity contribution in [2.24, 2.45) is 23.5 Å². The van der Waals surface area contributed by atoms with Crippen LogP contribution in [0.1, 0.15) is 42.1 Å². The van der Waals surface area contributed by atoms with E-state index in [0.717, 1.165) is 32.0 Å². The molecule has 1 spiro atoms. The number of halogens is 1. The Morgan fingerprint density at radius 1 is 1.18 bits per heavy atom. The Morgan fingerprint density at radius 3 is 2.48 bits per heavy atom. The van der Waals surface area contributed by atoms with E-state index in [1.165, 1.54) is 4.90 Å². The summed E-state index contributed by atoms with van der Waals surface area (Å²) in [6.07, 6.45) is 1.53. The van der Waals surface area contributed by atoms with Crippen molar-refractivity contribution < 1.29 is 43.4 Å². The molecular formula is C27H29FN4O8. The second kappa shape index (κ2) is 8.72. The van der Waals surface area contributed by atoms with Crippen molar-refractivity contribution in [3.63, 3.8) is 0 Å². The first kappa shape index (κ1) is 26.7. The molecule has 0 aromatic heterocycles. The average Bonchev–Trinajstić information content (AvgIpc) is 3.24. The van der Waals surface area contributed by atoms with E-state index in [2.05, 4.69) is 5.32 Å².